The maximum Gasteiger partial charge on any atom is 0.163 e. The third-order valence-corrected chi connectivity index (χ3v) is 4.73. The SMILES string of the molecule is CNc1nc(C2(OC)CCCCC2)nc(COC)c1Br. The third kappa shape index (κ3) is 2.97. The van der Waals surface area contributed by atoms with E-state index in [0.29, 0.717) is 6.61 Å². The van der Waals surface area contributed by atoms with E-state index in [1.54, 1.807) is 14.2 Å². The summed E-state index contributed by atoms with van der Waals surface area (Å²) in [4.78, 5) is 9.34. The molecule has 5 nitrogen and oxygen atoms in total. The quantitative estimate of drug-likeness (QED) is 0.889. The second-order valence-electron chi connectivity index (χ2n) is 5.10. The number of methoxy groups -OCH3 is 2. The summed E-state index contributed by atoms with van der Waals surface area (Å²) in [6.45, 7) is 0.449. The maximum absolute atomic E-state index is 5.83. The van der Waals surface area contributed by atoms with Crippen molar-refractivity contribution in [2.24, 2.45) is 0 Å². The number of halogens is 1. The number of rotatable bonds is 5. The van der Waals surface area contributed by atoms with Gasteiger partial charge in [-0.1, -0.05) is 19.3 Å². The summed E-state index contributed by atoms with van der Waals surface area (Å²) in [7, 11) is 5.28. The first-order valence-electron chi connectivity index (χ1n) is 6.95. The topological polar surface area (TPSA) is 56.3 Å². The van der Waals surface area contributed by atoms with Crippen LogP contribution >= 0.6 is 15.9 Å². The molecular weight excluding hydrogens is 322 g/mol. The van der Waals surface area contributed by atoms with Crippen molar-refractivity contribution < 1.29 is 9.47 Å². The number of nitrogens with one attached hydrogen (secondary N) is 1. The van der Waals surface area contributed by atoms with Crippen LogP contribution in [0, 0.1) is 0 Å². The molecule has 1 N–H and O–H groups in total. The minimum absolute atomic E-state index is 0.354. The molecule has 1 aromatic heterocycles. The third-order valence-electron chi connectivity index (χ3n) is 3.90. The first kappa shape index (κ1) is 15.7. The summed E-state index contributed by atoms with van der Waals surface area (Å²) in [5.74, 6) is 1.54. The molecule has 20 heavy (non-hydrogen) atoms. The van der Waals surface area contributed by atoms with Gasteiger partial charge in [0.25, 0.3) is 0 Å². The van der Waals surface area contributed by atoms with Crippen LogP contribution in [-0.4, -0.2) is 31.2 Å². The molecule has 0 aromatic carbocycles. The highest BCUT2D eigenvalue weighted by atomic mass is 79.9. The van der Waals surface area contributed by atoms with Crippen LogP contribution in [0.4, 0.5) is 5.82 Å². The van der Waals surface area contributed by atoms with Crippen LogP contribution in [0.5, 0.6) is 0 Å². The first-order chi connectivity index (χ1) is 9.66. The molecule has 1 aliphatic carbocycles. The van der Waals surface area contributed by atoms with Crippen molar-refractivity contribution in [3.63, 3.8) is 0 Å². The lowest BCUT2D eigenvalue weighted by Gasteiger charge is -2.35. The molecule has 1 aromatic rings. The Morgan fingerprint density at radius 3 is 2.45 bits per heavy atom. The number of aromatic nitrogens is 2. The average molecular weight is 344 g/mol. The Morgan fingerprint density at radius 1 is 1.20 bits per heavy atom. The Morgan fingerprint density at radius 2 is 1.90 bits per heavy atom. The van der Waals surface area contributed by atoms with Gasteiger partial charge in [-0.25, -0.2) is 9.97 Å². The van der Waals surface area contributed by atoms with Gasteiger partial charge in [0.1, 0.15) is 11.4 Å². The monoisotopic (exact) mass is 343 g/mol. The van der Waals surface area contributed by atoms with E-state index in [0.717, 1.165) is 47.5 Å². The molecule has 1 aliphatic rings. The van der Waals surface area contributed by atoms with Crippen LogP contribution in [0.2, 0.25) is 0 Å². The van der Waals surface area contributed by atoms with Crippen LogP contribution in [0.1, 0.15) is 43.6 Å². The minimum atomic E-state index is -0.354. The first-order valence-corrected chi connectivity index (χ1v) is 7.75. The standard InChI is InChI=1S/C14H22BrN3O2/c1-16-12-11(15)10(9-19-2)17-13(18-12)14(20-3)7-5-4-6-8-14/h4-9H2,1-3H3,(H,16,17,18). The molecular formula is C14H22BrN3O2. The predicted molar refractivity (Wildman–Crippen MR) is 81.8 cm³/mol. The van der Waals surface area contributed by atoms with E-state index in [2.05, 4.69) is 31.2 Å². The van der Waals surface area contributed by atoms with Gasteiger partial charge in [0.2, 0.25) is 0 Å². The lowest BCUT2D eigenvalue weighted by molar-refractivity contribution is -0.0517. The van der Waals surface area contributed by atoms with Gasteiger partial charge in [-0.2, -0.15) is 0 Å². The van der Waals surface area contributed by atoms with Crippen molar-refractivity contribution in [1.29, 1.82) is 0 Å². The fourth-order valence-electron chi connectivity index (χ4n) is 2.74. The molecule has 1 heterocycles. The fraction of sp³-hybridized carbons (Fsp3) is 0.714. The minimum Gasteiger partial charge on any atom is -0.378 e. The maximum atomic E-state index is 5.83. The second-order valence-corrected chi connectivity index (χ2v) is 5.89. The Hall–Kier alpha value is -0.720. The summed E-state index contributed by atoms with van der Waals surface area (Å²) >= 11 is 3.53. The van der Waals surface area contributed by atoms with Crippen molar-refractivity contribution in [3.05, 3.63) is 16.0 Å². The normalized spacial score (nSPS) is 18.0. The van der Waals surface area contributed by atoms with Crippen molar-refractivity contribution in [1.82, 2.24) is 9.97 Å². The average Bonchev–Trinajstić information content (AvgIpc) is 2.50. The molecule has 0 bridgehead atoms. The van der Waals surface area contributed by atoms with E-state index >= 15 is 0 Å². The number of hydrogen-bond acceptors (Lipinski definition) is 5. The molecule has 0 spiro atoms. The number of nitrogens with zero attached hydrogens (tertiary/aromatic N) is 2. The zero-order chi connectivity index (χ0) is 14.6. The van der Waals surface area contributed by atoms with Gasteiger partial charge < -0.3 is 14.8 Å². The lowest BCUT2D eigenvalue weighted by Crippen LogP contribution is -2.34. The van der Waals surface area contributed by atoms with Crippen LogP contribution < -0.4 is 5.32 Å². The fourth-order valence-corrected chi connectivity index (χ4v) is 3.23. The molecule has 0 unspecified atom stereocenters. The van der Waals surface area contributed by atoms with Crippen molar-refractivity contribution in [2.45, 2.75) is 44.3 Å². The molecule has 1 saturated carbocycles. The van der Waals surface area contributed by atoms with Gasteiger partial charge >= 0.3 is 0 Å². The predicted octanol–water partition coefficient (Wildman–Crippen LogP) is 3.23. The molecule has 0 atom stereocenters. The molecule has 0 amide bonds. The summed E-state index contributed by atoms with van der Waals surface area (Å²) in [6, 6.07) is 0. The van der Waals surface area contributed by atoms with Crippen molar-refractivity contribution in [3.8, 4) is 0 Å². The van der Waals surface area contributed by atoms with E-state index in [-0.39, 0.29) is 5.60 Å². The van der Waals surface area contributed by atoms with Crippen LogP contribution in [0.25, 0.3) is 0 Å². The largest absolute Gasteiger partial charge is 0.378 e. The van der Waals surface area contributed by atoms with Gasteiger partial charge in [0, 0.05) is 21.3 Å². The molecule has 0 radical (unpaired) electrons. The molecule has 0 aliphatic heterocycles. The van der Waals surface area contributed by atoms with Crippen molar-refractivity contribution in [2.75, 3.05) is 26.6 Å². The second kappa shape index (κ2) is 6.83. The Kier molecular flexibility index (Phi) is 5.35. The highest BCUT2D eigenvalue weighted by Gasteiger charge is 2.37. The summed E-state index contributed by atoms with van der Waals surface area (Å²) in [6.07, 6.45) is 5.51. The van der Waals surface area contributed by atoms with Gasteiger partial charge in [0.15, 0.2) is 5.82 Å². The summed E-state index contributed by atoms with van der Waals surface area (Å²) in [5, 5.41) is 3.11. The van der Waals surface area contributed by atoms with Gasteiger partial charge in [-0.3, -0.25) is 0 Å². The van der Waals surface area contributed by atoms with E-state index in [9.17, 15) is 0 Å². The molecule has 6 heteroatoms. The van der Waals surface area contributed by atoms with Crippen molar-refractivity contribution >= 4 is 21.7 Å². The van der Waals surface area contributed by atoms with E-state index < -0.39 is 0 Å². The molecule has 1 fully saturated rings. The van der Waals surface area contributed by atoms with Gasteiger partial charge in [0.05, 0.1) is 16.8 Å². The zero-order valence-corrected chi connectivity index (χ0v) is 13.9. The van der Waals surface area contributed by atoms with Crippen LogP contribution in [0.3, 0.4) is 0 Å². The lowest BCUT2D eigenvalue weighted by atomic mass is 9.84. The van der Waals surface area contributed by atoms with E-state index in [1.807, 2.05) is 7.05 Å². The van der Waals surface area contributed by atoms with E-state index in [1.165, 1.54) is 6.42 Å². The summed E-state index contributed by atoms with van der Waals surface area (Å²) < 4.78 is 11.9. The number of ether oxygens (including phenoxy) is 2. The van der Waals surface area contributed by atoms with Crippen LogP contribution in [0.15, 0.2) is 4.47 Å². The summed E-state index contributed by atoms with van der Waals surface area (Å²) in [5.41, 5.74) is 0.497. The Bertz CT molecular complexity index is 462. The highest BCUT2D eigenvalue weighted by molar-refractivity contribution is 9.10. The number of anilines is 1. The van der Waals surface area contributed by atoms with Gasteiger partial charge in [-0.05, 0) is 28.8 Å². The van der Waals surface area contributed by atoms with Gasteiger partial charge in [-0.15, -0.1) is 0 Å². The van der Waals surface area contributed by atoms with E-state index in [4.69, 9.17) is 9.47 Å². The molecule has 0 saturated heterocycles. The zero-order valence-electron chi connectivity index (χ0n) is 12.3. The molecule has 112 valence electrons. The van der Waals surface area contributed by atoms with Crippen LogP contribution in [-0.2, 0) is 21.7 Å². The molecule has 2 rings (SSSR count). The highest BCUT2D eigenvalue weighted by Crippen LogP contribution is 2.39. The Balaban J connectivity index is 2.46. The smallest absolute Gasteiger partial charge is 0.163 e. The number of hydrogen-bond donors (Lipinski definition) is 1. The Labute approximate surface area is 128 Å².